The molecule has 0 spiro atoms. The van der Waals surface area contributed by atoms with Crippen molar-refractivity contribution in [2.24, 2.45) is 13.0 Å². The molecule has 0 aliphatic carbocycles. The van der Waals surface area contributed by atoms with Crippen LogP contribution in [0.15, 0.2) is 41.2 Å². The van der Waals surface area contributed by atoms with Gasteiger partial charge in [-0.25, -0.2) is 0 Å². The maximum Gasteiger partial charge on any atom is 0.416 e. The average Bonchev–Trinajstić information content (AvgIpc) is 2.88. The second kappa shape index (κ2) is 9.58. The molecule has 1 amide bonds. The number of anilines is 1. The molecular formula is C26H23F3N6O2. The summed E-state index contributed by atoms with van der Waals surface area (Å²) >= 11 is 0. The quantitative estimate of drug-likeness (QED) is 0.491. The molecule has 1 aromatic carbocycles. The Bertz CT molecular complexity index is 1520. The van der Waals surface area contributed by atoms with E-state index in [1.165, 1.54) is 27.7 Å². The molecule has 2 atom stereocenters. The number of rotatable bonds is 3. The predicted molar refractivity (Wildman–Crippen MR) is 131 cm³/mol. The molecule has 3 heterocycles. The molecule has 0 saturated carbocycles. The second-order valence-corrected chi connectivity index (χ2v) is 9.12. The number of hydrogen-bond acceptors (Lipinski definition) is 5. The number of aryl methyl sites for hydroxylation is 1. The lowest BCUT2D eigenvalue weighted by molar-refractivity contribution is -0.137. The molecule has 1 saturated heterocycles. The van der Waals surface area contributed by atoms with Crippen LogP contribution in [0.2, 0.25) is 0 Å². The fourth-order valence-corrected chi connectivity index (χ4v) is 4.92. The van der Waals surface area contributed by atoms with Gasteiger partial charge in [0.15, 0.2) is 0 Å². The summed E-state index contributed by atoms with van der Waals surface area (Å²) in [4.78, 5) is 37.2. The summed E-state index contributed by atoms with van der Waals surface area (Å²) in [6.45, 7) is 10.0. The maximum absolute atomic E-state index is 13.0. The number of fused-ring (bicyclic) bond motifs is 1. The van der Waals surface area contributed by atoms with Crippen molar-refractivity contribution in [3.63, 3.8) is 0 Å². The summed E-state index contributed by atoms with van der Waals surface area (Å²) < 4.78 is 40.0. The molecule has 1 aliphatic heterocycles. The van der Waals surface area contributed by atoms with E-state index in [1.54, 1.807) is 20.2 Å². The number of alkyl halides is 3. The minimum Gasteiger partial charge on any atom is -0.366 e. The molecule has 0 bridgehead atoms. The van der Waals surface area contributed by atoms with E-state index >= 15 is 0 Å². The number of piperidine rings is 1. The minimum absolute atomic E-state index is 0.0653. The van der Waals surface area contributed by atoms with Crippen LogP contribution in [0.3, 0.4) is 0 Å². The first-order valence-electron chi connectivity index (χ1n) is 11.5. The minimum atomic E-state index is -4.48. The first kappa shape index (κ1) is 25.7. The Kier molecular flexibility index (Phi) is 6.66. The lowest BCUT2D eigenvalue weighted by Gasteiger charge is -2.42. The number of carbonyl (C=O) groups is 1. The van der Waals surface area contributed by atoms with E-state index in [-0.39, 0.29) is 34.8 Å². The highest BCUT2D eigenvalue weighted by Crippen LogP contribution is 2.34. The number of amides is 1. The highest BCUT2D eigenvalue weighted by Gasteiger charge is 2.35. The first-order chi connectivity index (χ1) is 17.5. The number of benzene rings is 1. The molecule has 37 heavy (non-hydrogen) atoms. The van der Waals surface area contributed by atoms with Crippen LogP contribution < -0.4 is 10.5 Å². The van der Waals surface area contributed by atoms with Gasteiger partial charge in [-0.3, -0.25) is 9.59 Å². The van der Waals surface area contributed by atoms with Gasteiger partial charge < -0.3 is 19.2 Å². The zero-order valence-corrected chi connectivity index (χ0v) is 20.4. The summed E-state index contributed by atoms with van der Waals surface area (Å²) in [6, 6.07) is 9.05. The van der Waals surface area contributed by atoms with Gasteiger partial charge in [0.25, 0.3) is 17.3 Å². The second-order valence-electron chi connectivity index (χ2n) is 9.12. The molecule has 4 rings (SSSR count). The lowest BCUT2D eigenvalue weighted by atomic mass is 9.91. The summed E-state index contributed by atoms with van der Waals surface area (Å²) in [5, 5.41) is 9.81. The van der Waals surface area contributed by atoms with Crippen LogP contribution in [-0.2, 0) is 13.2 Å². The first-order valence-corrected chi connectivity index (χ1v) is 11.5. The standard InChI is InChI=1S/C26H23F3N6O2/c1-15-14-35(23-18(13-30)25(37)34(4)20-9-10-21(31-2)32-22(20)23)12-11-19(15)33(3)24(36)16-5-7-17(8-6-16)26(27,28)29/h5-10,15,19H,11-12,14H2,1,3-4H3. The van der Waals surface area contributed by atoms with Crippen LogP contribution in [0.1, 0.15) is 34.8 Å². The third-order valence-corrected chi connectivity index (χ3v) is 6.88. The van der Waals surface area contributed by atoms with E-state index in [2.05, 4.69) is 9.83 Å². The fourth-order valence-electron chi connectivity index (χ4n) is 4.92. The van der Waals surface area contributed by atoms with Crippen molar-refractivity contribution in [2.45, 2.75) is 25.6 Å². The predicted octanol–water partition coefficient (Wildman–Crippen LogP) is 4.36. The maximum atomic E-state index is 13.0. The summed E-state index contributed by atoms with van der Waals surface area (Å²) in [5.74, 6) is -0.355. The molecule has 1 fully saturated rings. The Labute approximate surface area is 211 Å². The van der Waals surface area contributed by atoms with Crippen LogP contribution in [0.25, 0.3) is 15.9 Å². The van der Waals surface area contributed by atoms with E-state index in [4.69, 9.17) is 6.57 Å². The van der Waals surface area contributed by atoms with Gasteiger partial charge in [-0.1, -0.05) is 13.5 Å². The van der Waals surface area contributed by atoms with Crippen molar-refractivity contribution in [1.29, 1.82) is 5.26 Å². The van der Waals surface area contributed by atoms with Gasteiger partial charge in [0.2, 0.25) is 5.52 Å². The molecule has 0 radical (unpaired) electrons. The number of hydrogen-bond donors (Lipinski definition) is 0. The molecule has 0 N–H and O–H groups in total. The topological polar surface area (TPSA) is 86.6 Å². The summed E-state index contributed by atoms with van der Waals surface area (Å²) in [7, 11) is 3.17. The smallest absolute Gasteiger partial charge is 0.366 e. The highest BCUT2D eigenvalue weighted by molar-refractivity contribution is 5.95. The third kappa shape index (κ3) is 4.60. The summed E-state index contributed by atoms with van der Waals surface area (Å²) in [6.07, 6.45) is -3.99. The lowest BCUT2D eigenvalue weighted by Crippen LogP contribution is -2.51. The van der Waals surface area contributed by atoms with Crippen molar-refractivity contribution in [2.75, 3.05) is 25.0 Å². The largest absolute Gasteiger partial charge is 0.416 e. The molecular weight excluding hydrogens is 485 g/mol. The molecule has 3 aromatic rings. The number of carbonyl (C=O) groups excluding carboxylic acids is 1. The molecule has 190 valence electrons. The van der Waals surface area contributed by atoms with Crippen LogP contribution >= 0.6 is 0 Å². The van der Waals surface area contributed by atoms with E-state index in [0.29, 0.717) is 36.2 Å². The van der Waals surface area contributed by atoms with Crippen molar-refractivity contribution in [3.8, 4) is 6.07 Å². The zero-order chi connectivity index (χ0) is 27.1. The molecule has 11 heteroatoms. The van der Waals surface area contributed by atoms with E-state index < -0.39 is 17.3 Å². The molecule has 2 unspecified atom stereocenters. The SMILES string of the molecule is [C-]#[N+]c1ccc2c(n1)c(N1CCC(N(C)C(=O)c3ccc(C(F)(F)F)cc3)C(C)C1)c(C#N)c(=O)n2C. The normalized spacial score (nSPS) is 17.8. The van der Waals surface area contributed by atoms with Crippen molar-refractivity contribution >= 4 is 28.4 Å². The Morgan fingerprint density at radius 1 is 1.24 bits per heavy atom. The van der Waals surface area contributed by atoms with Gasteiger partial charge in [-0.05, 0) is 48.7 Å². The van der Waals surface area contributed by atoms with E-state index in [1.807, 2.05) is 17.9 Å². The van der Waals surface area contributed by atoms with Gasteiger partial charge >= 0.3 is 6.18 Å². The van der Waals surface area contributed by atoms with Gasteiger partial charge in [0, 0.05) is 38.8 Å². The van der Waals surface area contributed by atoms with Gasteiger partial charge in [-0.2, -0.15) is 18.4 Å². The van der Waals surface area contributed by atoms with E-state index in [0.717, 1.165) is 12.1 Å². The number of nitrogens with zero attached hydrogens (tertiary/aromatic N) is 6. The number of aromatic nitrogens is 2. The van der Waals surface area contributed by atoms with Crippen molar-refractivity contribution < 1.29 is 18.0 Å². The Balaban J connectivity index is 1.62. The van der Waals surface area contributed by atoms with Crippen LogP contribution in [0.4, 0.5) is 24.7 Å². The molecule has 2 aromatic heterocycles. The molecule has 8 nitrogen and oxygen atoms in total. The zero-order valence-electron chi connectivity index (χ0n) is 20.4. The Hall–Kier alpha value is -4.38. The van der Waals surface area contributed by atoms with E-state index in [9.17, 15) is 28.0 Å². The summed E-state index contributed by atoms with van der Waals surface area (Å²) in [5.41, 5.74) is 0.0512. The number of nitriles is 1. The monoisotopic (exact) mass is 508 g/mol. The number of pyridine rings is 2. The number of halogens is 3. The van der Waals surface area contributed by atoms with Crippen LogP contribution in [0.5, 0.6) is 0 Å². The third-order valence-electron chi connectivity index (χ3n) is 6.88. The average molecular weight is 509 g/mol. The van der Waals surface area contributed by atoms with Gasteiger partial charge in [0.1, 0.15) is 17.3 Å². The van der Waals surface area contributed by atoms with Gasteiger partial charge in [0.05, 0.1) is 11.1 Å². The van der Waals surface area contributed by atoms with Gasteiger partial charge in [-0.15, -0.1) is 4.98 Å². The highest BCUT2D eigenvalue weighted by atomic mass is 19.4. The van der Waals surface area contributed by atoms with Crippen LogP contribution in [-0.4, -0.2) is 46.5 Å². The fraction of sp³-hybridized carbons (Fsp3) is 0.346. The molecule has 1 aliphatic rings. The van der Waals surface area contributed by atoms with Crippen molar-refractivity contribution in [1.82, 2.24) is 14.5 Å². The Morgan fingerprint density at radius 2 is 1.92 bits per heavy atom. The van der Waals surface area contributed by atoms with Crippen LogP contribution in [0, 0.1) is 23.8 Å². The Morgan fingerprint density at radius 3 is 2.49 bits per heavy atom. The van der Waals surface area contributed by atoms with Crippen molar-refractivity contribution in [3.05, 3.63) is 74.9 Å².